The number of carbonyl (C=O) groups is 1. The van der Waals surface area contributed by atoms with Crippen molar-refractivity contribution in [2.75, 3.05) is 24.7 Å². The van der Waals surface area contributed by atoms with Gasteiger partial charge < -0.3 is 25.1 Å². The van der Waals surface area contributed by atoms with Gasteiger partial charge in [-0.05, 0) is 31.2 Å². The molecule has 0 fully saturated rings. The van der Waals surface area contributed by atoms with Crippen LogP contribution in [0.2, 0.25) is 0 Å². The highest BCUT2D eigenvalue weighted by molar-refractivity contribution is 5.99. The summed E-state index contributed by atoms with van der Waals surface area (Å²) in [5.74, 6) is -0.0735. The van der Waals surface area contributed by atoms with Crippen LogP contribution in [0.1, 0.15) is 29.1 Å². The van der Waals surface area contributed by atoms with Crippen LogP contribution in [0.3, 0.4) is 0 Å². The number of hydrogen-bond acceptors (Lipinski definition) is 7. The Balaban J connectivity index is 1.89. The standard InChI is InChI=1S/C19H19N3O5/c1-10(13-8-5-9-27-13)20-14-15(18(25)17(14)24)21-12-7-4-6-11(16(12)23)19(26)22(2)3/h4-10,20-21,23H,1-3H3/t10-/m0/s1. The number of nitrogens with zero attached hydrogens (tertiary/aromatic N) is 1. The van der Waals surface area contributed by atoms with Crippen LogP contribution in [0.15, 0.2) is 50.6 Å². The Morgan fingerprint density at radius 2 is 1.81 bits per heavy atom. The Morgan fingerprint density at radius 3 is 2.44 bits per heavy atom. The van der Waals surface area contributed by atoms with Crippen molar-refractivity contribution in [1.29, 1.82) is 0 Å². The maximum atomic E-state index is 12.1. The summed E-state index contributed by atoms with van der Waals surface area (Å²) < 4.78 is 5.28. The van der Waals surface area contributed by atoms with Gasteiger partial charge in [0.2, 0.25) is 0 Å². The average molecular weight is 369 g/mol. The first kappa shape index (κ1) is 18.2. The van der Waals surface area contributed by atoms with Crippen LogP contribution in [0.25, 0.3) is 0 Å². The summed E-state index contributed by atoms with van der Waals surface area (Å²) in [6.07, 6.45) is 1.51. The Labute approximate surface area is 154 Å². The maximum Gasteiger partial charge on any atom is 0.257 e. The molecule has 0 radical (unpaired) electrons. The Morgan fingerprint density at radius 1 is 1.11 bits per heavy atom. The number of phenolic OH excluding ortho intramolecular Hbond substituents is 1. The van der Waals surface area contributed by atoms with E-state index >= 15 is 0 Å². The van der Waals surface area contributed by atoms with Crippen LogP contribution in [0.4, 0.5) is 17.1 Å². The van der Waals surface area contributed by atoms with Crippen molar-refractivity contribution in [3.63, 3.8) is 0 Å². The molecule has 3 rings (SSSR count). The van der Waals surface area contributed by atoms with Crippen LogP contribution in [0, 0.1) is 0 Å². The topological polar surface area (TPSA) is 112 Å². The zero-order valence-corrected chi connectivity index (χ0v) is 15.1. The first-order chi connectivity index (χ1) is 12.8. The highest BCUT2D eigenvalue weighted by Gasteiger charge is 2.25. The zero-order chi connectivity index (χ0) is 19.7. The predicted octanol–water partition coefficient (Wildman–Crippen LogP) is 2.20. The van der Waals surface area contributed by atoms with E-state index in [2.05, 4.69) is 10.6 Å². The van der Waals surface area contributed by atoms with Gasteiger partial charge in [0.05, 0.1) is 23.6 Å². The lowest BCUT2D eigenvalue weighted by Gasteiger charge is -2.19. The fourth-order valence-corrected chi connectivity index (χ4v) is 2.67. The van der Waals surface area contributed by atoms with E-state index in [1.807, 2.05) is 0 Å². The van der Waals surface area contributed by atoms with E-state index in [4.69, 9.17) is 4.42 Å². The van der Waals surface area contributed by atoms with Crippen molar-refractivity contribution in [3.8, 4) is 5.75 Å². The first-order valence-corrected chi connectivity index (χ1v) is 8.25. The normalized spacial score (nSPS) is 12.0. The van der Waals surface area contributed by atoms with Gasteiger partial charge in [0.15, 0.2) is 5.75 Å². The van der Waals surface area contributed by atoms with Gasteiger partial charge in [-0.1, -0.05) is 6.07 Å². The van der Waals surface area contributed by atoms with Crippen molar-refractivity contribution in [3.05, 3.63) is 68.4 Å². The van der Waals surface area contributed by atoms with Crippen LogP contribution in [0.5, 0.6) is 5.75 Å². The quantitative estimate of drug-likeness (QED) is 0.451. The highest BCUT2D eigenvalue weighted by atomic mass is 16.3. The van der Waals surface area contributed by atoms with Crippen LogP contribution in [-0.4, -0.2) is 30.0 Å². The number of para-hydroxylation sites is 1. The number of phenols is 1. The third-order valence-electron chi connectivity index (χ3n) is 4.17. The molecule has 0 saturated carbocycles. The molecule has 0 saturated heterocycles. The first-order valence-electron chi connectivity index (χ1n) is 8.25. The van der Waals surface area contributed by atoms with E-state index in [0.29, 0.717) is 5.76 Å². The zero-order valence-electron chi connectivity index (χ0n) is 15.1. The van der Waals surface area contributed by atoms with Gasteiger partial charge in [0.1, 0.15) is 17.1 Å². The molecule has 3 aromatic rings. The van der Waals surface area contributed by atoms with Crippen molar-refractivity contribution in [1.82, 2.24) is 4.90 Å². The summed E-state index contributed by atoms with van der Waals surface area (Å²) in [7, 11) is 3.13. The van der Waals surface area contributed by atoms with E-state index in [-0.39, 0.29) is 40.3 Å². The molecule has 8 heteroatoms. The lowest BCUT2D eigenvalue weighted by atomic mass is 10.1. The molecular formula is C19H19N3O5. The van der Waals surface area contributed by atoms with Gasteiger partial charge in [-0.15, -0.1) is 0 Å². The molecule has 3 N–H and O–H groups in total. The van der Waals surface area contributed by atoms with Crippen molar-refractivity contribution in [2.45, 2.75) is 13.0 Å². The van der Waals surface area contributed by atoms with Crippen LogP contribution >= 0.6 is 0 Å². The minimum atomic E-state index is -0.701. The van der Waals surface area contributed by atoms with E-state index in [1.54, 1.807) is 39.2 Å². The molecule has 0 unspecified atom stereocenters. The van der Waals surface area contributed by atoms with Crippen LogP contribution < -0.4 is 21.5 Å². The van der Waals surface area contributed by atoms with Gasteiger partial charge in [-0.25, -0.2) is 0 Å². The smallest absolute Gasteiger partial charge is 0.257 e. The number of rotatable bonds is 6. The van der Waals surface area contributed by atoms with Gasteiger partial charge in [0, 0.05) is 14.1 Å². The van der Waals surface area contributed by atoms with E-state index in [9.17, 15) is 19.5 Å². The molecule has 0 aliphatic carbocycles. The predicted molar refractivity (Wildman–Crippen MR) is 102 cm³/mol. The van der Waals surface area contributed by atoms with Gasteiger partial charge in [0.25, 0.3) is 16.8 Å². The number of carbonyl (C=O) groups excluding carboxylic acids is 1. The molecule has 2 aromatic carbocycles. The highest BCUT2D eigenvalue weighted by Crippen LogP contribution is 2.32. The molecule has 27 heavy (non-hydrogen) atoms. The minimum absolute atomic E-state index is 0.0307. The summed E-state index contributed by atoms with van der Waals surface area (Å²) in [5.41, 5.74) is -0.981. The number of furan rings is 1. The fourth-order valence-electron chi connectivity index (χ4n) is 2.67. The monoisotopic (exact) mass is 369 g/mol. The second kappa shape index (κ2) is 6.99. The second-order valence-corrected chi connectivity index (χ2v) is 6.32. The number of benzene rings is 1. The minimum Gasteiger partial charge on any atom is -0.505 e. The largest absolute Gasteiger partial charge is 0.505 e. The third-order valence-corrected chi connectivity index (χ3v) is 4.17. The molecule has 1 heterocycles. The van der Waals surface area contributed by atoms with Gasteiger partial charge in [-0.2, -0.15) is 0 Å². The molecule has 1 atom stereocenters. The molecular weight excluding hydrogens is 350 g/mol. The molecule has 0 spiro atoms. The van der Waals surface area contributed by atoms with Crippen molar-refractivity contribution in [2.24, 2.45) is 0 Å². The lowest BCUT2D eigenvalue weighted by molar-refractivity contribution is 0.0824. The number of amides is 1. The van der Waals surface area contributed by atoms with Gasteiger partial charge >= 0.3 is 0 Å². The Bertz CT molecular complexity index is 1050. The van der Waals surface area contributed by atoms with Crippen molar-refractivity contribution >= 4 is 23.0 Å². The Kier molecular flexibility index (Phi) is 4.72. The molecule has 140 valence electrons. The van der Waals surface area contributed by atoms with E-state index in [0.717, 1.165) is 0 Å². The van der Waals surface area contributed by atoms with Crippen LogP contribution in [-0.2, 0) is 0 Å². The van der Waals surface area contributed by atoms with E-state index < -0.39 is 10.9 Å². The molecule has 0 aliphatic rings. The molecule has 8 nitrogen and oxygen atoms in total. The lowest BCUT2D eigenvalue weighted by Crippen LogP contribution is -2.37. The average Bonchev–Trinajstić information content (AvgIpc) is 3.19. The second-order valence-electron chi connectivity index (χ2n) is 6.32. The maximum absolute atomic E-state index is 12.1. The third kappa shape index (κ3) is 3.29. The Hall–Kier alpha value is -3.55. The summed E-state index contributed by atoms with van der Waals surface area (Å²) in [4.78, 5) is 37.4. The summed E-state index contributed by atoms with van der Waals surface area (Å²) in [6, 6.07) is 7.70. The van der Waals surface area contributed by atoms with Gasteiger partial charge in [-0.3, -0.25) is 14.4 Å². The van der Waals surface area contributed by atoms with E-state index in [1.165, 1.54) is 23.3 Å². The number of anilines is 3. The molecule has 0 aliphatic heterocycles. The molecule has 0 bridgehead atoms. The molecule has 1 aromatic heterocycles. The molecule has 1 amide bonds. The summed E-state index contributed by atoms with van der Waals surface area (Å²) in [6.45, 7) is 1.79. The number of nitrogens with one attached hydrogen (secondary N) is 2. The SMILES string of the molecule is C[C@H](Nc1c(Nc2cccc(C(=O)N(C)C)c2O)c(=O)c1=O)c1ccco1. The summed E-state index contributed by atoms with van der Waals surface area (Å²) >= 11 is 0. The summed E-state index contributed by atoms with van der Waals surface area (Å²) in [5, 5.41) is 16.1. The van der Waals surface area contributed by atoms with Crippen molar-refractivity contribution < 1.29 is 14.3 Å². The number of aromatic hydroxyl groups is 1. The number of hydrogen-bond donors (Lipinski definition) is 3. The fraction of sp³-hybridized carbons (Fsp3) is 0.211.